The second kappa shape index (κ2) is 5.66. The highest BCUT2D eigenvalue weighted by Gasteiger charge is 2.13. The molecule has 1 N–H and O–H groups in total. The number of rotatable bonds is 4. The maximum Gasteiger partial charge on any atom is 0.252 e. The van der Waals surface area contributed by atoms with E-state index >= 15 is 0 Å². The zero-order valence-corrected chi connectivity index (χ0v) is 13.3. The van der Waals surface area contributed by atoms with E-state index in [0.717, 1.165) is 22.8 Å². The Balaban J connectivity index is 2.06. The van der Waals surface area contributed by atoms with Crippen LogP contribution in [0, 0.1) is 13.8 Å². The van der Waals surface area contributed by atoms with Crippen LogP contribution in [-0.2, 0) is 13.6 Å². The fourth-order valence-electron chi connectivity index (χ4n) is 2.02. The molecule has 0 aromatic carbocycles. The van der Waals surface area contributed by atoms with Crippen LogP contribution in [0.1, 0.15) is 26.5 Å². The van der Waals surface area contributed by atoms with Crippen molar-refractivity contribution in [2.75, 3.05) is 19.0 Å². The highest BCUT2D eigenvalue weighted by molar-refractivity contribution is 7.10. The summed E-state index contributed by atoms with van der Waals surface area (Å²) < 4.78 is 1.98. The monoisotopic (exact) mass is 292 g/mol. The molecule has 0 fully saturated rings. The summed E-state index contributed by atoms with van der Waals surface area (Å²) in [6, 6.07) is 0. The topological polar surface area (TPSA) is 50.2 Å². The average Bonchev–Trinajstić information content (AvgIpc) is 2.92. The molecular formula is C14H20N4OS. The van der Waals surface area contributed by atoms with Crippen molar-refractivity contribution < 1.29 is 4.79 Å². The number of aromatic nitrogens is 2. The van der Waals surface area contributed by atoms with Gasteiger partial charge in [-0.15, -0.1) is 11.3 Å². The highest BCUT2D eigenvalue weighted by Crippen LogP contribution is 2.20. The number of hydrogen-bond donors (Lipinski definition) is 1. The molecule has 20 heavy (non-hydrogen) atoms. The van der Waals surface area contributed by atoms with Gasteiger partial charge in [0.1, 0.15) is 0 Å². The van der Waals surface area contributed by atoms with Crippen LogP contribution in [0.25, 0.3) is 0 Å². The molecule has 2 aromatic heterocycles. The van der Waals surface area contributed by atoms with Crippen molar-refractivity contribution in [1.29, 1.82) is 0 Å². The molecule has 0 atom stereocenters. The molecule has 0 aliphatic carbocycles. The predicted molar refractivity (Wildman–Crippen MR) is 82.5 cm³/mol. The lowest BCUT2D eigenvalue weighted by molar-refractivity contribution is 0.0950. The molecule has 6 heteroatoms. The van der Waals surface area contributed by atoms with E-state index in [1.54, 1.807) is 17.5 Å². The van der Waals surface area contributed by atoms with Gasteiger partial charge < -0.3 is 14.8 Å². The van der Waals surface area contributed by atoms with E-state index in [9.17, 15) is 4.79 Å². The Labute approximate surface area is 123 Å². The summed E-state index contributed by atoms with van der Waals surface area (Å²) >= 11 is 1.61. The second-order valence-corrected chi connectivity index (χ2v) is 6.10. The predicted octanol–water partition coefficient (Wildman–Crippen LogP) is 2.09. The standard InChI is InChI=1S/C14H20N4OS/c1-9-10(2)20-8-12(9)13(19)15-6-11-7-16-14(17(3)4)18(11)5/h7-8H,6H2,1-5H3,(H,15,19). The van der Waals surface area contributed by atoms with Gasteiger partial charge in [0.2, 0.25) is 5.95 Å². The lowest BCUT2D eigenvalue weighted by Crippen LogP contribution is -2.24. The van der Waals surface area contributed by atoms with E-state index in [4.69, 9.17) is 0 Å². The summed E-state index contributed by atoms with van der Waals surface area (Å²) in [7, 11) is 5.84. The van der Waals surface area contributed by atoms with Gasteiger partial charge in [0.15, 0.2) is 0 Å². The van der Waals surface area contributed by atoms with Crippen molar-refractivity contribution in [3.8, 4) is 0 Å². The first-order valence-electron chi connectivity index (χ1n) is 6.42. The minimum Gasteiger partial charge on any atom is -0.348 e. The van der Waals surface area contributed by atoms with Crippen LogP contribution in [0.5, 0.6) is 0 Å². The molecule has 0 spiro atoms. The number of amides is 1. The molecule has 0 bridgehead atoms. The van der Waals surface area contributed by atoms with Crippen molar-refractivity contribution in [3.05, 3.63) is 33.3 Å². The molecule has 0 saturated carbocycles. The molecule has 0 unspecified atom stereocenters. The number of nitrogens with one attached hydrogen (secondary N) is 1. The lowest BCUT2D eigenvalue weighted by Gasteiger charge is -2.12. The van der Waals surface area contributed by atoms with Gasteiger partial charge in [0.05, 0.1) is 24.0 Å². The molecule has 2 heterocycles. The van der Waals surface area contributed by atoms with Crippen molar-refractivity contribution in [2.45, 2.75) is 20.4 Å². The van der Waals surface area contributed by atoms with Gasteiger partial charge in [-0.25, -0.2) is 4.98 Å². The molecule has 0 aliphatic heterocycles. The van der Waals surface area contributed by atoms with Crippen molar-refractivity contribution in [2.24, 2.45) is 7.05 Å². The van der Waals surface area contributed by atoms with Crippen LogP contribution >= 0.6 is 11.3 Å². The summed E-state index contributed by atoms with van der Waals surface area (Å²) in [5.41, 5.74) is 2.81. The molecule has 1 amide bonds. The van der Waals surface area contributed by atoms with Gasteiger partial charge >= 0.3 is 0 Å². The van der Waals surface area contributed by atoms with Gasteiger partial charge in [-0.2, -0.15) is 0 Å². The normalized spacial score (nSPS) is 10.7. The van der Waals surface area contributed by atoms with E-state index in [0.29, 0.717) is 6.54 Å². The summed E-state index contributed by atoms with van der Waals surface area (Å²) in [6.45, 7) is 4.49. The molecule has 108 valence electrons. The first-order valence-corrected chi connectivity index (χ1v) is 7.30. The largest absolute Gasteiger partial charge is 0.348 e. The maximum atomic E-state index is 12.2. The third kappa shape index (κ3) is 2.70. The summed E-state index contributed by atoms with van der Waals surface area (Å²) in [5.74, 6) is 0.844. The smallest absolute Gasteiger partial charge is 0.252 e. The highest BCUT2D eigenvalue weighted by atomic mass is 32.1. The molecule has 5 nitrogen and oxygen atoms in total. The molecule has 0 aliphatic rings. The Hall–Kier alpha value is -1.82. The molecule has 0 saturated heterocycles. The SMILES string of the molecule is Cc1scc(C(=O)NCc2cnc(N(C)C)n2C)c1C. The van der Waals surface area contributed by atoms with Gasteiger partial charge in [-0.3, -0.25) is 4.79 Å². The Morgan fingerprint density at radius 3 is 2.65 bits per heavy atom. The van der Waals surface area contributed by atoms with Gasteiger partial charge in [-0.1, -0.05) is 0 Å². The molecular weight excluding hydrogens is 272 g/mol. The fraction of sp³-hybridized carbons (Fsp3) is 0.429. The van der Waals surface area contributed by atoms with E-state index in [1.165, 1.54) is 4.88 Å². The minimum atomic E-state index is -0.0283. The summed E-state index contributed by atoms with van der Waals surface area (Å²) in [6.07, 6.45) is 1.79. The van der Waals surface area contributed by atoms with E-state index in [1.807, 2.05) is 49.8 Å². The third-order valence-electron chi connectivity index (χ3n) is 3.42. The number of carbonyl (C=O) groups is 1. The van der Waals surface area contributed by atoms with Crippen molar-refractivity contribution in [1.82, 2.24) is 14.9 Å². The minimum absolute atomic E-state index is 0.0283. The number of carbonyl (C=O) groups excluding carboxylic acids is 1. The Kier molecular flexibility index (Phi) is 4.13. The Bertz CT molecular complexity index is 627. The van der Waals surface area contributed by atoms with E-state index in [2.05, 4.69) is 10.3 Å². The third-order valence-corrected chi connectivity index (χ3v) is 4.43. The molecule has 0 radical (unpaired) electrons. The van der Waals surface area contributed by atoms with Gasteiger partial charge in [0, 0.05) is 31.4 Å². The van der Waals surface area contributed by atoms with Gasteiger partial charge in [-0.05, 0) is 19.4 Å². The number of aryl methyl sites for hydroxylation is 1. The quantitative estimate of drug-likeness (QED) is 0.939. The van der Waals surface area contributed by atoms with Crippen molar-refractivity contribution >= 4 is 23.2 Å². The maximum absolute atomic E-state index is 12.2. The first-order chi connectivity index (χ1) is 9.41. The summed E-state index contributed by atoms with van der Waals surface area (Å²) in [4.78, 5) is 19.6. The van der Waals surface area contributed by atoms with Crippen LogP contribution in [0.3, 0.4) is 0 Å². The van der Waals surface area contributed by atoms with E-state index in [-0.39, 0.29) is 5.91 Å². The Morgan fingerprint density at radius 1 is 1.45 bits per heavy atom. The molecule has 2 rings (SSSR count). The summed E-state index contributed by atoms with van der Waals surface area (Å²) in [5, 5.41) is 4.86. The molecule has 2 aromatic rings. The van der Waals surface area contributed by atoms with Crippen LogP contribution in [0.4, 0.5) is 5.95 Å². The Morgan fingerprint density at radius 2 is 2.15 bits per heavy atom. The fourth-order valence-corrected chi connectivity index (χ4v) is 2.88. The van der Waals surface area contributed by atoms with E-state index < -0.39 is 0 Å². The number of imidazole rings is 1. The number of anilines is 1. The first kappa shape index (κ1) is 14.6. The number of hydrogen-bond acceptors (Lipinski definition) is 4. The number of nitrogens with zero attached hydrogens (tertiary/aromatic N) is 3. The lowest BCUT2D eigenvalue weighted by atomic mass is 10.1. The number of thiophene rings is 1. The second-order valence-electron chi connectivity index (χ2n) is 5.02. The van der Waals surface area contributed by atoms with Crippen LogP contribution in [0.15, 0.2) is 11.6 Å². The van der Waals surface area contributed by atoms with Crippen molar-refractivity contribution in [3.63, 3.8) is 0 Å². The average molecular weight is 292 g/mol. The van der Waals surface area contributed by atoms with Crippen LogP contribution in [0.2, 0.25) is 0 Å². The van der Waals surface area contributed by atoms with Crippen LogP contribution < -0.4 is 10.2 Å². The zero-order valence-electron chi connectivity index (χ0n) is 12.5. The van der Waals surface area contributed by atoms with Crippen LogP contribution in [-0.4, -0.2) is 29.6 Å². The zero-order chi connectivity index (χ0) is 14.9. The van der Waals surface area contributed by atoms with Gasteiger partial charge in [0.25, 0.3) is 5.91 Å².